The number of ether oxygens (including phenoxy) is 1. The molecule has 5 heteroatoms. The molecule has 0 amide bonds. The summed E-state index contributed by atoms with van der Waals surface area (Å²) in [5.74, 6) is 1.22. The molecule has 3 rings (SSSR count). The maximum atomic E-state index is 12.7. The molecule has 0 saturated carbocycles. The summed E-state index contributed by atoms with van der Waals surface area (Å²) >= 11 is 0. The smallest absolute Gasteiger partial charge is 0.232 e. The van der Waals surface area contributed by atoms with Crippen LogP contribution in [0.2, 0.25) is 0 Å². The van der Waals surface area contributed by atoms with Gasteiger partial charge in [0.2, 0.25) is 5.78 Å². The normalized spacial score (nSPS) is 15.0. The molecule has 1 N–H and O–H groups in total. The summed E-state index contributed by atoms with van der Waals surface area (Å²) in [6, 6.07) is 5.15. The Morgan fingerprint density at radius 3 is 2.84 bits per heavy atom. The number of phenols is 1. The summed E-state index contributed by atoms with van der Waals surface area (Å²) in [6.07, 6.45) is 5.32. The standard InChI is InChI=1S/C20H23NO4/c1-4-5-8-21(3)12-15-16(22)10-13(2)18-19(23)17(25-20(15)18)11-14-7-6-9-24-14/h6-7,9-11,22H,4-5,8,12H2,1-3H3/b17-11-. The van der Waals surface area contributed by atoms with Gasteiger partial charge < -0.3 is 19.2 Å². The van der Waals surface area contributed by atoms with Crippen LogP contribution in [0.5, 0.6) is 11.5 Å². The number of ketones is 1. The van der Waals surface area contributed by atoms with Crippen molar-refractivity contribution in [2.24, 2.45) is 0 Å². The number of hydrogen-bond acceptors (Lipinski definition) is 5. The second-order valence-corrected chi connectivity index (χ2v) is 6.44. The summed E-state index contributed by atoms with van der Waals surface area (Å²) in [5.41, 5.74) is 1.88. The Bertz CT molecular complexity index is 806. The van der Waals surface area contributed by atoms with Crippen LogP contribution in [-0.4, -0.2) is 29.4 Å². The lowest BCUT2D eigenvalue weighted by Crippen LogP contribution is -2.19. The van der Waals surface area contributed by atoms with E-state index in [0.29, 0.717) is 34.7 Å². The van der Waals surface area contributed by atoms with E-state index in [1.54, 1.807) is 37.5 Å². The van der Waals surface area contributed by atoms with E-state index < -0.39 is 0 Å². The number of furan rings is 1. The van der Waals surface area contributed by atoms with Crippen molar-refractivity contribution in [1.82, 2.24) is 4.90 Å². The number of allylic oxidation sites excluding steroid dienone is 1. The van der Waals surface area contributed by atoms with Crippen molar-refractivity contribution in [2.45, 2.75) is 33.2 Å². The van der Waals surface area contributed by atoms with Crippen molar-refractivity contribution >= 4 is 11.9 Å². The third-order valence-electron chi connectivity index (χ3n) is 4.36. The highest BCUT2D eigenvalue weighted by Crippen LogP contribution is 2.42. The minimum Gasteiger partial charge on any atom is -0.507 e. The minimum absolute atomic E-state index is 0.159. The molecule has 1 aromatic heterocycles. The summed E-state index contributed by atoms with van der Waals surface area (Å²) in [6.45, 7) is 5.39. The largest absolute Gasteiger partial charge is 0.507 e. The lowest BCUT2D eigenvalue weighted by molar-refractivity contribution is 0.101. The highest BCUT2D eigenvalue weighted by atomic mass is 16.5. The highest BCUT2D eigenvalue weighted by molar-refractivity contribution is 6.15. The van der Waals surface area contributed by atoms with Gasteiger partial charge in [-0.2, -0.15) is 0 Å². The Kier molecular flexibility index (Phi) is 4.95. The van der Waals surface area contributed by atoms with Crippen LogP contribution in [-0.2, 0) is 6.54 Å². The van der Waals surface area contributed by atoms with E-state index in [9.17, 15) is 9.90 Å². The molecular formula is C20H23NO4. The summed E-state index contributed by atoms with van der Waals surface area (Å²) < 4.78 is 11.1. The van der Waals surface area contributed by atoms with E-state index in [-0.39, 0.29) is 17.3 Å². The Morgan fingerprint density at radius 1 is 1.36 bits per heavy atom. The topological polar surface area (TPSA) is 62.9 Å². The molecule has 0 radical (unpaired) electrons. The Labute approximate surface area is 147 Å². The van der Waals surface area contributed by atoms with Crippen molar-refractivity contribution in [1.29, 1.82) is 0 Å². The van der Waals surface area contributed by atoms with Crippen molar-refractivity contribution < 1.29 is 19.1 Å². The van der Waals surface area contributed by atoms with Gasteiger partial charge in [-0.15, -0.1) is 0 Å². The number of aromatic hydroxyl groups is 1. The second kappa shape index (κ2) is 7.15. The number of hydrogen-bond donors (Lipinski definition) is 1. The zero-order valence-corrected chi connectivity index (χ0v) is 14.8. The van der Waals surface area contributed by atoms with Crippen LogP contribution < -0.4 is 4.74 Å². The third kappa shape index (κ3) is 3.46. The first-order valence-corrected chi connectivity index (χ1v) is 8.53. The molecule has 25 heavy (non-hydrogen) atoms. The van der Waals surface area contributed by atoms with Crippen LogP contribution in [0.4, 0.5) is 0 Å². The first kappa shape index (κ1) is 17.3. The molecule has 0 bridgehead atoms. The molecule has 0 spiro atoms. The lowest BCUT2D eigenvalue weighted by atomic mass is 9.99. The van der Waals surface area contributed by atoms with Crippen LogP contribution in [0.1, 0.15) is 47.0 Å². The van der Waals surface area contributed by atoms with Gasteiger partial charge in [0.05, 0.1) is 17.4 Å². The Balaban J connectivity index is 1.96. The molecule has 5 nitrogen and oxygen atoms in total. The van der Waals surface area contributed by atoms with Gasteiger partial charge in [0, 0.05) is 12.6 Å². The highest BCUT2D eigenvalue weighted by Gasteiger charge is 2.33. The zero-order chi connectivity index (χ0) is 18.0. The molecule has 1 aliphatic rings. The second-order valence-electron chi connectivity index (χ2n) is 6.44. The van der Waals surface area contributed by atoms with E-state index >= 15 is 0 Å². The maximum absolute atomic E-state index is 12.7. The molecule has 0 atom stereocenters. The molecule has 0 aliphatic carbocycles. The predicted molar refractivity (Wildman–Crippen MR) is 95.7 cm³/mol. The van der Waals surface area contributed by atoms with E-state index in [0.717, 1.165) is 19.4 Å². The number of Topliss-reactive ketones (excluding diaryl/α,β-unsaturated/α-hetero) is 1. The SMILES string of the molecule is CCCCN(C)Cc1c(O)cc(C)c2c1O/C(=C\c1ccco1)C2=O. The Hall–Kier alpha value is -2.53. The van der Waals surface area contributed by atoms with Crippen molar-refractivity contribution in [3.63, 3.8) is 0 Å². The van der Waals surface area contributed by atoms with Gasteiger partial charge in [-0.05, 0) is 50.7 Å². The van der Waals surface area contributed by atoms with Crippen LogP contribution in [0, 0.1) is 6.92 Å². The third-order valence-corrected chi connectivity index (χ3v) is 4.36. The number of nitrogens with zero attached hydrogens (tertiary/aromatic N) is 1. The number of aryl methyl sites for hydroxylation is 1. The van der Waals surface area contributed by atoms with Crippen molar-refractivity contribution in [2.75, 3.05) is 13.6 Å². The summed E-state index contributed by atoms with van der Waals surface area (Å²) in [5, 5.41) is 10.4. The molecule has 2 heterocycles. The van der Waals surface area contributed by atoms with Gasteiger partial charge in [0.1, 0.15) is 17.3 Å². The fourth-order valence-corrected chi connectivity index (χ4v) is 3.01. The zero-order valence-electron chi connectivity index (χ0n) is 14.8. The molecule has 1 aliphatic heterocycles. The molecule has 1 aromatic carbocycles. The predicted octanol–water partition coefficient (Wildman–Crippen LogP) is 4.14. The van der Waals surface area contributed by atoms with Crippen LogP contribution in [0.3, 0.4) is 0 Å². The van der Waals surface area contributed by atoms with Crippen LogP contribution in [0.15, 0.2) is 34.6 Å². The van der Waals surface area contributed by atoms with Crippen molar-refractivity contribution in [3.8, 4) is 11.5 Å². The van der Waals surface area contributed by atoms with Gasteiger partial charge in [0.15, 0.2) is 5.76 Å². The molecule has 2 aromatic rings. The number of benzene rings is 1. The molecular weight excluding hydrogens is 318 g/mol. The number of fused-ring (bicyclic) bond motifs is 1. The Morgan fingerprint density at radius 2 is 2.16 bits per heavy atom. The number of rotatable bonds is 6. The quantitative estimate of drug-likeness (QED) is 0.800. The number of carbonyl (C=O) groups is 1. The molecule has 0 unspecified atom stereocenters. The average molecular weight is 341 g/mol. The summed E-state index contributed by atoms with van der Waals surface area (Å²) in [7, 11) is 2.00. The number of phenolic OH excluding ortho intramolecular Hbond substituents is 1. The van der Waals surface area contributed by atoms with Crippen LogP contribution in [0.25, 0.3) is 6.08 Å². The fraction of sp³-hybridized carbons (Fsp3) is 0.350. The fourth-order valence-electron chi connectivity index (χ4n) is 3.01. The monoisotopic (exact) mass is 341 g/mol. The van der Waals surface area contributed by atoms with E-state index in [2.05, 4.69) is 11.8 Å². The first-order chi connectivity index (χ1) is 12.0. The van der Waals surface area contributed by atoms with Gasteiger partial charge in [-0.25, -0.2) is 0 Å². The van der Waals surface area contributed by atoms with Gasteiger partial charge >= 0.3 is 0 Å². The summed E-state index contributed by atoms with van der Waals surface area (Å²) in [4.78, 5) is 14.9. The maximum Gasteiger partial charge on any atom is 0.232 e. The van der Waals surface area contributed by atoms with Gasteiger partial charge in [-0.1, -0.05) is 13.3 Å². The van der Waals surface area contributed by atoms with E-state index in [1.807, 2.05) is 7.05 Å². The van der Waals surface area contributed by atoms with E-state index in [1.165, 1.54) is 0 Å². The lowest BCUT2D eigenvalue weighted by Gasteiger charge is -2.19. The van der Waals surface area contributed by atoms with E-state index in [4.69, 9.17) is 9.15 Å². The molecule has 0 saturated heterocycles. The average Bonchev–Trinajstić information content (AvgIpc) is 3.18. The van der Waals surface area contributed by atoms with Gasteiger partial charge in [-0.3, -0.25) is 4.79 Å². The number of unbranched alkanes of at least 4 members (excludes halogenated alkanes) is 1. The van der Waals surface area contributed by atoms with Crippen molar-refractivity contribution in [3.05, 3.63) is 52.7 Å². The molecule has 0 fully saturated rings. The minimum atomic E-state index is -0.179. The first-order valence-electron chi connectivity index (χ1n) is 8.53. The number of carbonyl (C=O) groups excluding carboxylic acids is 1. The molecule has 132 valence electrons. The van der Waals surface area contributed by atoms with Gasteiger partial charge in [0.25, 0.3) is 0 Å². The van der Waals surface area contributed by atoms with Crippen LogP contribution >= 0.6 is 0 Å².